The minimum atomic E-state index is -0.200. The first kappa shape index (κ1) is 18.9. The molecule has 0 fully saturated rings. The molecule has 5 nitrogen and oxygen atoms in total. The van der Waals surface area contributed by atoms with Crippen LogP contribution in [-0.2, 0) is 0 Å². The summed E-state index contributed by atoms with van der Waals surface area (Å²) in [4.78, 5) is 11.9. The molecule has 0 radical (unpaired) electrons. The Kier molecular flexibility index (Phi) is 9.25. The molecular formula is C14H26ClN3O2. The van der Waals surface area contributed by atoms with Gasteiger partial charge in [0.15, 0.2) is 0 Å². The maximum atomic E-state index is 11.9. The van der Waals surface area contributed by atoms with Crippen LogP contribution in [0.4, 0.5) is 0 Å². The number of halogens is 1. The fourth-order valence-electron chi connectivity index (χ4n) is 2.05. The van der Waals surface area contributed by atoms with Crippen LogP contribution in [0, 0.1) is 0 Å². The number of rotatable bonds is 8. The number of amides is 1. The third-order valence-electron chi connectivity index (χ3n) is 3.28. The second kappa shape index (κ2) is 9.77. The average molecular weight is 304 g/mol. The lowest BCUT2D eigenvalue weighted by Crippen LogP contribution is -2.38. The molecule has 0 unspecified atom stereocenters. The quantitative estimate of drug-likeness (QED) is 0.775. The SMILES string of the molecule is CCN[C@H](C)CNC(=O)c1cc(C(CC)CC)no1.Cl. The van der Waals surface area contributed by atoms with Crippen molar-refractivity contribution in [3.8, 4) is 0 Å². The first-order valence-electron chi connectivity index (χ1n) is 7.10. The van der Waals surface area contributed by atoms with Crippen molar-refractivity contribution in [3.05, 3.63) is 17.5 Å². The van der Waals surface area contributed by atoms with Crippen LogP contribution in [0.3, 0.4) is 0 Å². The first-order chi connectivity index (χ1) is 9.12. The Labute approximate surface area is 127 Å². The van der Waals surface area contributed by atoms with Crippen molar-refractivity contribution in [1.29, 1.82) is 0 Å². The lowest BCUT2D eigenvalue weighted by atomic mass is 9.99. The van der Waals surface area contributed by atoms with E-state index in [-0.39, 0.29) is 24.4 Å². The Balaban J connectivity index is 0.00000361. The van der Waals surface area contributed by atoms with Crippen molar-refractivity contribution >= 4 is 18.3 Å². The highest BCUT2D eigenvalue weighted by Gasteiger charge is 2.17. The van der Waals surface area contributed by atoms with Crippen LogP contribution in [0.25, 0.3) is 0 Å². The Hall–Kier alpha value is -1.07. The summed E-state index contributed by atoms with van der Waals surface area (Å²) >= 11 is 0. The predicted octanol–water partition coefficient (Wildman–Crippen LogP) is 2.73. The van der Waals surface area contributed by atoms with Crippen molar-refractivity contribution in [1.82, 2.24) is 15.8 Å². The molecule has 2 N–H and O–H groups in total. The van der Waals surface area contributed by atoms with Gasteiger partial charge < -0.3 is 15.2 Å². The van der Waals surface area contributed by atoms with Crippen LogP contribution in [0.15, 0.2) is 10.6 Å². The van der Waals surface area contributed by atoms with Gasteiger partial charge in [-0.3, -0.25) is 4.79 Å². The van der Waals surface area contributed by atoms with E-state index in [9.17, 15) is 4.79 Å². The lowest BCUT2D eigenvalue weighted by molar-refractivity contribution is 0.0913. The number of carbonyl (C=O) groups excluding carboxylic acids is 1. The fourth-order valence-corrected chi connectivity index (χ4v) is 2.05. The van der Waals surface area contributed by atoms with Crippen molar-refractivity contribution in [2.75, 3.05) is 13.1 Å². The number of hydrogen-bond acceptors (Lipinski definition) is 4. The Morgan fingerprint density at radius 2 is 2.00 bits per heavy atom. The highest BCUT2D eigenvalue weighted by atomic mass is 35.5. The van der Waals surface area contributed by atoms with Crippen LogP contribution in [0.1, 0.15) is 62.7 Å². The van der Waals surface area contributed by atoms with Crippen LogP contribution in [0.2, 0.25) is 0 Å². The molecule has 1 atom stereocenters. The van der Waals surface area contributed by atoms with E-state index in [1.54, 1.807) is 6.07 Å². The number of likely N-dealkylation sites (N-methyl/N-ethyl adjacent to an activating group) is 1. The molecule has 0 aromatic carbocycles. The first-order valence-corrected chi connectivity index (χ1v) is 7.10. The molecule has 0 saturated heterocycles. The number of nitrogens with zero attached hydrogens (tertiary/aromatic N) is 1. The zero-order valence-electron chi connectivity index (χ0n) is 12.7. The highest BCUT2D eigenvalue weighted by Crippen LogP contribution is 2.22. The summed E-state index contributed by atoms with van der Waals surface area (Å²) in [6.45, 7) is 9.75. The number of hydrogen-bond donors (Lipinski definition) is 2. The van der Waals surface area contributed by atoms with Crippen LogP contribution in [0.5, 0.6) is 0 Å². The average Bonchev–Trinajstić information content (AvgIpc) is 2.87. The molecule has 1 rings (SSSR count). The van der Waals surface area contributed by atoms with Crippen molar-refractivity contribution in [3.63, 3.8) is 0 Å². The molecule has 0 spiro atoms. The molecule has 6 heteroatoms. The summed E-state index contributed by atoms with van der Waals surface area (Å²) in [5.41, 5.74) is 0.870. The van der Waals surface area contributed by atoms with Crippen LogP contribution in [-0.4, -0.2) is 30.2 Å². The molecule has 0 aliphatic heterocycles. The van der Waals surface area contributed by atoms with E-state index in [0.717, 1.165) is 25.1 Å². The van der Waals surface area contributed by atoms with E-state index >= 15 is 0 Å². The fraction of sp³-hybridized carbons (Fsp3) is 0.714. The minimum Gasteiger partial charge on any atom is -0.351 e. The highest BCUT2D eigenvalue weighted by molar-refractivity contribution is 5.91. The van der Waals surface area contributed by atoms with E-state index in [1.807, 2.05) is 13.8 Å². The van der Waals surface area contributed by atoms with E-state index < -0.39 is 0 Å². The molecule has 0 aliphatic rings. The molecule has 1 aromatic rings. The topological polar surface area (TPSA) is 67.2 Å². The zero-order valence-corrected chi connectivity index (χ0v) is 13.5. The second-order valence-electron chi connectivity index (χ2n) is 4.80. The van der Waals surface area contributed by atoms with Crippen molar-refractivity contribution in [2.45, 2.75) is 52.5 Å². The molecule has 1 heterocycles. The summed E-state index contributed by atoms with van der Waals surface area (Å²) in [5, 5.41) is 10.1. The predicted molar refractivity (Wildman–Crippen MR) is 82.5 cm³/mol. The van der Waals surface area contributed by atoms with Gasteiger partial charge in [0.05, 0.1) is 5.69 Å². The molecule has 0 saturated carbocycles. The van der Waals surface area contributed by atoms with Gasteiger partial charge in [0, 0.05) is 24.6 Å². The summed E-state index contributed by atoms with van der Waals surface area (Å²) in [7, 11) is 0. The summed E-state index contributed by atoms with van der Waals surface area (Å²) < 4.78 is 5.12. The van der Waals surface area contributed by atoms with Gasteiger partial charge in [-0.25, -0.2) is 0 Å². The third-order valence-corrected chi connectivity index (χ3v) is 3.28. The Morgan fingerprint density at radius 1 is 1.35 bits per heavy atom. The van der Waals surface area contributed by atoms with Crippen molar-refractivity contribution < 1.29 is 9.32 Å². The monoisotopic (exact) mass is 303 g/mol. The maximum absolute atomic E-state index is 11.9. The van der Waals surface area contributed by atoms with E-state index in [1.165, 1.54) is 0 Å². The molecule has 20 heavy (non-hydrogen) atoms. The van der Waals surface area contributed by atoms with E-state index in [2.05, 4.69) is 29.6 Å². The van der Waals surface area contributed by atoms with Crippen molar-refractivity contribution in [2.24, 2.45) is 0 Å². The number of nitrogens with one attached hydrogen (secondary N) is 2. The molecule has 1 amide bonds. The molecule has 0 aliphatic carbocycles. The molecule has 116 valence electrons. The second-order valence-corrected chi connectivity index (χ2v) is 4.80. The maximum Gasteiger partial charge on any atom is 0.289 e. The Morgan fingerprint density at radius 3 is 2.55 bits per heavy atom. The van der Waals surface area contributed by atoms with Gasteiger partial charge in [-0.05, 0) is 26.3 Å². The number of carbonyl (C=O) groups is 1. The standard InChI is InChI=1S/C14H25N3O2.ClH/c1-5-11(6-2)12-8-13(19-17-12)14(18)16-9-10(4)15-7-3;/h8,10-11,15H,5-7,9H2,1-4H3,(H,16,18);1H/t10-;/m1./s1. The smallest absolute Gasteiger partial charge is 0.289 e. The third kappa shape index (κ3) is 5.51. The van der Waals surface area contributed by atoms with Gasteiger partial charge in [-0.2, -0.15) is 0 Å². The van der Waals surface area contributed by atoms with Gasteiger partial charge in [0.25, 0.3) is 5.91 Å². The molecular weight excluding hydrogens is 278 g/mol. The zero-order chi connectivity index (χ0) is 14.3. The van der Waals surface area contributed by atoms with Gasteiger partial charge in [0.2, 0.25) is 5.76 Å². The molecule has 1 aromatic heterocycles. The summed E-state index contributed by atoms with van der Waals surface area (Å²) in [6.07, 6.45) is 2.00. The van der Waals surface area contributed by atoms with Crippen LogP contribution >= 0.6 is 12.4 Å². The molecule has 0 bridgehead atoms. The van der Waals surface area contributed by atoms with E-state index in [0.29, 0.717) is 18.2 Å². The van der Waals surface area contributed by atoms with E-state index in [4.69, 9.17) is 4.52 Å². The van der Waals surface area contributed by atoms with Gasteiger partial charge in [-0.1, -0.05) is 25.9 Å². The number of aromatic nitrogens is 1. The van der Waals surface area contributed by atoms with Gasteiger partial charge >= 0.3 is 0 Å². The summed E-state index contributed by atoms with van der Waals surface area (Å²) in [5.74, 6) is 0.464. The summed E-state index contributed by atoms with van der Waals surface area (Å²) in [6, 6.07) is 2.00. The normalized spacial score (nSPS) is 12.1. The Bertz CT molecular complexity index is 392. The minimum absolute atomic E-state index is 0. The van der Waals surface area contributed by atoms with Gasteiger partial charge in [-0.15, -0.1) is 12.4 Å². The largest absolute Gasteiger partial charge is 0.351 e. The lowest BCUT2D eigenvalue weighted by Gasteiger charge is -2.12. The van der Waals surface area contributed by atoms with Gasteiger partial charge in [0.1, 0.15) is 0 Å². The van der Waals surface area contributed by atoms with Crippen LogP contribution < -0.4 is 10.6 Å².